The van der Waals surface area contributed by atoms with Crippen molar-refractivity contribution in [3.8, 4) is 0 Å². The van der Waals surface area contributed by atoms with Gasteiger partial charge in [-0.3, -0.25) is 5.32 Å². The van der Waals surface area contributed by atoms with Crippen molar-refractivity contribution >= 4 is 21.6 Å². The molecule has 0 amide bonds. The van der Waals surface area contributed by atoms with Gasteiger partial charge in [0, 0.05) is 0 Å². The van der Waals surface area contributed by atoms with Crippen LogP contribution in [0, 0.1) is 0 Å². The summed E-state index contributed by atoms with van der Waals surface area (Å²) in [6, 6.07) is 8.01. The number of hydrogen-bond donors (Lipinski definition) is 3. The maximum absolute atomic E-state index is 9.47. The van der Waals surface area contributed by atoms with E-state index < -0.39 is 5.54 Å². The zero-order valence-corrected chi connectivity index (χ0v) is 12.1. The van der Waals surface area contributed by atoms with Crippen molar-refractivity contribution < 1.29 is 10.2 Å². The van der Waals surface area contributed by atoms with Crippen LogP contribution in [0.5, 0.6) is 0 Å². The molecule has 0 saturated carbocycles. The Morgan fingerprint density at radius 2 is 2.00 bits per heavy atom. The first-order chi connectivity index (χ1) is 9.14. The minimum Gasteiger partial charge on any atom is -0.394 e. The molecule has 104 valence electrons. The average Bonchev–Trinajstić information content (AvgIpc) is 2.89. The molecule has 0 aliphatic carbocycles. The van der Waals surface area contributed by atoms with Crippen molar-refractivity contribution in [1.29, 1.82) is 0 Å². The topological polar surface area (TPSA) is 65.4 Å². The minimum absolute atomic E-state index is 0.00310. The predicted molar refractivity (Wildman–Crippen MR) is 78.4 cm³/mol. The Balaban J connectivity index is 2.21. The molecule has 1 aromatic heterocycles. The lowest BCUT2D eigenvalue weighted by Gasteiger charge is -2.32. The van der Waals surface area contributed by atoms with Gasteiger partial charge < -0.3 is 10.2 Å². The second kappa shape index (κ2) is 5.96. The minimum atomic E-state index is -0.642. The van der Waals surface area contributed by atoms with Gasteiger partial charge in [0.05, 0.1) is 35.0 Å². The first kappa shape index (κ1) is 14.4. The number of thiazole rings is 1. The van der Waals surface area contributed by atoms with E-state index in [9.17, 15) is 10.2 Å². The average molecular weight is 280 g/mol. The molecule has 2 rings (SSSR count). The fraction of sp³-hybridized carbons (Fsp3) is 0.500. The molecule has 1 aromatic carbocycles. The molecule has 0 fully saturated rings. The van der Waals surface area contributed by atoms with Crippen molar-refractivity contribution in [2.24, 2.45) is 0 Å². The van der Waals surface area contributed by atoms with Crippen molar-refractivity contribution in [3.05, 3.63) is 29.3 Å². The molecule has 0 radical (unpaired) electrons. The molecule has 3 N–H and O–H groups in total. The largest absolute Gasteiger partial charge is 0.394 e. The van der Waals surface area contributed by atoms with Crippen molar-refractivity contribution in [1.82, 2.24) is 10.3 Å². The molecule has 1 atom stereocenters. The van der Waals surface area contributed by atoms with Gasteiger partial charge in [0.15, 0.2) is 0 Å². The standard InChI is InChI=1S/C14H20N2O2S/c1-3-14(8-17,9-18)16-10(2)13-15-11-6-4-5-7-12(11)19-13/h4-7,10,16-18H,3,8-9H2,1-2H3. The van der Waals surface area contributed by atoms with Crippen LogP contribution >= 0.6 is 11.3 Å². The van der Waals surface area contributed by atoms with Crippen LogP contribution in [-0.2, 0) is 0 Å². The SMILES string of the molecule is CCC(CO)(CO)NC(C)c1nc2ccccc2s1. The second-order valence-electron chi connectivity index (χ2n) is 4.84. The van der Waals surface area contributed by atoms with Crippen LogP contribution in [0.25, 0.3) is 10.2 Å². The third-order valence-corrected chi connectivity index (χ3v) is 4.70. The first-order valence-corrected chi connectivity index (χ1v) is 7.30. The van der Waals surface area contributed by atoms with Gasteiger partial charge in [-0.2, -0.15) is 0 Å². The van der Waals surface area contributed by atoms with E-state index in [1.54, 1.807) is 11.3 Å². The zero-order chi connectivity index (χ0) is 13.9. The number of nitrogens with zero attached hydrogens (tertiary/aromatic N) is 1. The molecular weight excluding hydrogens is 260 g/mol. The Hall–Kier alpha value is -1.01. The summed E-state index contributed by atoms with van der Waals surface area (Å²) in [5.74, 6) is 0. The van der Waals surface area contributed by atoms with Crippen LogP contribution in [0.2, 0.25) is 0 Å². The number of hydrogen-bond acceptors (Lipinski definition) is 5. The van der Waals surface area contributed by atoms with E-state index in [0.29, 0.717) is 6.42 Å². The number of fused-ring (bicyclic) bond motifs is 1. The van der Waals surface area contributed by atoms with Gasteiger partial charge in [0.25, 0.3) is 0 Å². The fourth-order valence-corrected chi connectivity index (χ4v) is 3.03. The first-order valence-electron chi connectivity index (χ1n) is 6.49. The van der Waals surface area contributed by atoms with Gasteiger partial charge >= 0.3 is 0 Å². The Morgan fingerprint density at radius 3 is 2.58 bits per heavy atom. The molecule has 0 aliphatic rings. The summed E-state index contributed by atoms with van der Waals surface area (Å²) in [6.07, 6.45) is 0.662. The molecule has 0 saturated heterocycles. The van der Waals surface area contributed by atoms with Crippen LogP contribution in [0.1, 0.15) is 31.3 Å². The highest BCUT2D eigenvalue weighted by Crippen LogP contribution is 2.27. The molecule has 19 heavy (non-hydrogen) atoms. The highest BCUT2D eigenvalue weighted by atomic mass is 32.1. The maximum Gasteiger partial charge on any atom is 0.111 e. The molecule has 0 spiro atoms. The van der Waals surface area contributed by atoms with Gasteiger partial charge in [-0.25, -0.2) is 4.98 Å². The summed E-state index contributed by atoms with van der Waals surface area (Å²) < 4.78 is 1.15. The van der Waals surface area contributed by atoms with Crippen LogP contribution in [-0.4, -0.2) is 33.9 Å². The summed E-state index contributed by atoms with van der Waals surface area (Å²) in [5, 5.41) is 23.2. The van der Waals surface area contributed by atoms with E-state index >= 15 is 0 Å². The van der Waals surface area contributed by atoms with Crippen LogP contribution in [0.15, 0.2) is 24.3 Å². The van der Waals surface area contributed by atoms with E-state index in [1.807, 2.05) is 38.1 Å². The highest BCUT2D eigenvalue weighted by Gasteiger charge is 2.29. The molecule has 1 unspecified atom stereocenters. The predicted octanol–water partition coefficient (Wildman–Crippen LogP) is 2.08. The van der Waals surface area contributed by atoms with E-state index in [2.05, 4.69) is 10.3 Å². The third-order valence-electron chi connectivity index (χ3n) is 3.49. The summed E-state index contributed by atoms with van der Waals surface area (Å²) >= 11 is 1.64. The number of aromatic nitrogens is 1. The van der Waals surface area contributed by atoms with Crippen LogP contribution in [0.3, 0.4) is 0 Å². The number of aliphatic hydroxyl groups is 2. The van der Waals surface area contributed by atoms with E-state index in [4.69, 9.17) is 0 Å². The number of nitrogens with one attached hydrogen (secondary N) is 1. The molecular formula is C14H20N2O2S. The molecule has 0 aliphatic heterocycles. The smallest absolute Gasteiger partial charge is 0.111 e. The fourth-order valence-electron chi connectivity index (χ4n) is 2.06. The van der Waals surface area contributed by atoms with E-state index in [-0.39, 0.29) is 19.3 Å². The molecule has 1 heterocycles. The summed E-state index contributed by atoms with van der Waals surface area (Å²) in [5.41, 5.74) is 0.350. The van der Waals surface area contributed by atoms with Crippen molar-refractivity contribution in [3.63, 3.8) is 0 Å². The molecule has 4 nitrogen and oxygen atoms in total. The number of rotatable bonds is 6. The van der Waals surface area contributed by atoms with Crippen molar-refractivity contribution in [2.45, 2.75) is 31.8 Å². The lowest BCUT2D eigenvalue weighted by molar-refractivity contribution is 0.0793. The van der Waals surface area contributed by atoms with Crippen LogP contribution in [0.4, 0.5) is 0 Å². The second-order valence-corrected chi connectivity index (χ2v) is 5.90. The maximum atomic E-state index is 9.47. The number of benzene rings is 1. The zero-order valence-electron chi connectivity index (χ0n) is 11.3. The quantitative estimate of drug-likeness (QED) is 0.758. The Morgan fingerprint density at radius 1 is 1.32 bits per heavy atom. The summed E-state index contributed by atoms with van der Waals surface area (Å²) in [6.45, 7) is 3.78. The molecule has 2 aromatic rings. The lowest BCUT2D eigenvalue weighted by Crippen LogP contribution is -2.52. The monoisotopic (exact) mass is 280 g/mol. The van der Waals surface area contributed by atoms with Gasteiger partial charge in [-0.15, -0.1) is 11.3 Å². The van der Waals surface area contributed by atoms with Gasteiger partial charge in [-0.05, 0) is 25.5 Å². The van der Waals surface area contributed by atoms with E-state index in [0.717, 1.165) is 15.2 Å². The highest BCUT2D eigenvalue weighted by molar-refractivity contribution is 7.18. The van der Waals surface area contributed by atoms with Gasteiger partial charge in [0.2, 0.25) is 0 Å². The Bertz CT molecular complexity index is 496. The summed E-state index contributed by atoms with van der Waals surface area (Å²) in [4.78, 5) is 4.59. The van der Waals surface area contributed by atoms with Crippen molar-refractivity contribution in [2.75, 3.05) is 13.2 Å². The number of aliphatic hydroxyl groups excluding tert-OH is 2. The lowest BCUT2D eigenvalue weighted by atomic mass is 9.97. The summed E-state index contributed by atoms with van der Waals surface area (Å²) in [7, 11) is 0. The normalized spacial score (nSPS) is 13.9. The van der Waals surface area contributed by atoms with Crippen LogP contribution < -0.4 is 5.32 Å². The molecule has 0 bridgehead atoms. The van der Waals surface area contributed by atoms with Gasteiger partial charge in [-0.1, -0.05) is 19.1 Å². The van der Waals surface area contributed by atoms with Gasteiger partial charge in [0.1, 0.15) is 5.01 Å². The van der Waals surface area contributed by atoms with E-state index in [1.165, 1.54) is 0 Å². The Labute approximate surface area is 117 Å². The Kier molecular flexibility index (Phi) is 4.52. The number of para-hydroxylation sites is 1. The molecule has 5 heteroatoms. The third kappa shape index (κ3) is 2.95.